The minimum absolute atomic E-state index is 0.0769. The second kappa shape index (κ2) is 10.0. The SMILES string of the molecule is CCc1ccc(C(=O)NNC(=O)CN2CCN(S(=O)(=O)c3ccc(C)cc3)CC2)cc1. The quantitative estimate of drug-likeness (QED) is 0.655. The summed E-state index contributed by atoms with van der Waals surface area (Å²) in [5.74, 6) is -0.738. The number of benzene rings is 2. The number of rotatable bonds is 6. The number of nitrogens with zero attached hydrogens (tertiary/aromatic N) is 2. The van der Waals surface area contributed by atoms with E-state index in [-0.39, 0.29) is 23.3 Å². The zero-order valence-corrected chi connectivity index (χ0v) is 18.6. The highest BCUT2D eigenvalue weighted by Crippen LogP contribution is 2.18. The highest BCUT2D eigenvalue weighted by atomic mass is 32.2. The number of amides is 2. The zero-order valence-electron chi connectivity index (χ0n) is 17.8. The number of carbonyl (C=O) groups excluding carboxylic acids is 2. The number of hydrogen-bond donors (Lipinski definition) is 2. The molecule has 9 heteroatoms. The van der Waals surface area contributed by atoms with Crippen molar-refractivity contribution in [3.05, 3.63) is 65.2 Å². The molecule has 2 aromatic rings. The topological polar surface area (TPSA) is 98.8 Å². The molecule has 0 saturated carbocycles. The van der Waals surface area contributed by atoms with Crippen molar-refractivity contribution in [2.45, 2.75) is 25.2 Å². The summed E-state index contributed by atoms with van der Waals surface area (Å²) in [7, 11) is -3.54. The Labute approximate surface area is 183 Å². The molecule has 0 radical (unpaired) electrons. The minimum Gasteiger partial charge on any atom is -0.292 e. The lowest BCUT2D eigenvalue weighted by Crippen LogP contribution is -2.52. The van der Waals surface area contributed by atoms with Gasteiger partial charge in [0, 0.05) is 31.7 Å². The zero-order chi connectivity index (χ0) is 22.4. The smallest absolute Gasteiger partial charge is 0.269 e. The van der Waals surface area contributed by atoms with E-state index in [1.165, 1.54) is 4.31 Å². The Morgan fingerprint density at radius 3 is 2.10 bits per heavy atom. The maximum atomic E-state index is 12.8. The first-order valence-corrected chi connectivity index (χ1v) is 11.7. The van der Waals surface area contributed by atoms with Gasteiger partial charge in [0.2, 0.25) is 10.0 Å². The van der Waals surface area contributed by atoms with E-state index in [2.05, 4.69) is 10.9 Å². The Morgan fingerprint density at radius 1 is 0.903 bits per heavy atom. The van der Waals surface area contributed by atoms with Crippen molar-refractivity contribution < 1.29 is 18.0 Å². The Kier molecular flexibility index (Phi) is 7.42. The van der Waals surface area contributed by atoms with Crippen LogP contribution in [0.1, 0.15) is 28.4 Å². The Morgan fingerprint density at radius 2 is 1.52 bits per heavy atom. The molecule has 0 spiro atoms. The van der Waals surface area contributed by atoms with Crippen molar-refractivity contribution in [2.24, 2.45) is 0 Å². The van der Waals surface area contributed by atoms with Crippen LogP contribution in [-0.4, -0.2) is 62.2 Å². The first-order valence-electron chi connectivity index (χ1n) is 10.3. The molecule has 3 rings (SSSR count). The molecule has 2 aromatic carbocycles. The van der Waals surface area contributed by atoms with Gasteiger partial charge in [-0.05, 0) is 43.2 Å². The fraction of sp³-hybridized carbons (Fsp3) is 0.364. The van der Waals surface area contributed by atoms with Gasteiger partial charge in [0.1, 0.15) is 0 Å². The van der Waals surface area contributed by atoms with Crippen LogP contribution in [0, 0.1) is 6.92 Å². The lowest BCUT2D eigenvalue weighted by molar-refractivity contribution is -0.123. The lowest BCUT2D eigenvalue weighted by Gasteiger charge is -2.33. The molecular weight excluding hydrogens is 416 g/mol. The second-order valence-corrected chi connectivity index (χ2v) is 9.48. The third-order valence-electron chi connectivity index (χ3n) is 5.30. The molecule has 0 unspecified atom stereocenters. The predicted molar refractivity (Wildman–Crippen MR) is 118 cm³/mol. The number of nitrogens with one attached hydrogen (secondary N) is 2. The van der Waals surface area contributed by atoms with Crippen LogP contribution in [0.4, 0.5) is 0 Å². The number of sulfonamides is 1. The summed E-state index contributed by atoms with van der Waals surface area (Å²) in [6.07, 6.45) is 0.887. The summed E-state index contributed by atoms with van der Waals surface area (Å²) in [6, 6.07) is 14.0. The maximum Gasteiger partial charge on any atom is 0.269 e. The highest BCUT2D eigenvalue weighted by Gasteiger charge is 2.29. The van der Waals surface area contributed by atoms with Gasteiger partial charge < -0.3 is 0 Å². The molecule has 1 aliphatic rings. The monoisotopic (exact) mass is 444 g/mol. The summed E-state index contributed by atoms with van der Waals surface area (Å²) in [4.78, 5) is 26.5. The van der Waals surface area contributed by atoms with Crippen molar-refractivity contribution in [3.63, 3.8) is 0 Å². The minimum atomic E-state index is -3.54. The number of carbonyl (C=O) groups is 2. The van der Waals surface area contributed by atoms with Crippen LogP contribution in [0.15, 0.2) is 53.4 Å². The van der Waals surface area contributed by atoms with E-state index in [9.17, 15) is 18.0 Å². The summed E-state index contributed by atoms with van der Waals surface area (Å²) >= 11 is 0. The molecule has 0 aromatic heterocycles. The van der Waals surface area contributed by atoms with Gasteiger partial charge in [-0.2, -0.15) is 4.31 Å². The van der Waals surface area contributed by atoms with Crippen LogP contribution < -0.4 is 10.9 Å². The van der Waals surface area contributed by atoms with Crippen LogP contribution in [0.5, 0.6) is 0 Å². The van der Waals surface area contributed by atoms with Crippen molar-refractivity contribution in [2.75, 3.05) is 32.7 Å². The molecule has 0 atom stereocenters. The molecule has 1 fully saturated rings. The Balaban J connectivity index is 1.45. The van der Waals surface area contributed by atoms with Gasteiger partial charge in [-0.25, -0.2) is 8.42 Å². The third kappa shape index (κ3) is 5.90. The van der Waals surface area contributed by atoms with E-state index in [4.69, 9.17) is 0 Å². The first-order chi connectivity index (χ1) is 14.8. The van der Waals surface area contributed by atoms with Crippen molar-refractivity contribution in [1.82, 2.24) is 20.1 Å². The van der Waals surface area contributed by atoms with Gasteiger partial charge in [-0.15, -0.1) is 0 Å². The van der Waals surface area contributed by atoms with Crippen LogP contribution >= 0.6 is 0 Å². The van der Waals surface area contributed by atoms with Crippen molar-refractivity contribution in [3.8, 4) is 0 Å². The molecule has 8 nitrogen and oxygen atoms in total. The number of piperazine rings is 1. The van der Waals surface area contributed by atoms with Gasteiger partial charge in [0.15, 0.2) is 0 Å². The van der Waals surface area contributed by atoms with Crippen molar-refractivity contribution in [1.29, 1.82) is 0 Å². The fourth-order valence-corrected chi connectivity index (χ4v) is 4.74. The molecular formula is C22H28N4O4S. The molecule has 0 aliphatic carbocycles. The van der Waals surface area contributed by atoms with Gasteiger partial charge in [-0.3, -0.25) is 25.3 Å². The average molecular weight is 445 g/mol. The third-order valence-corrected chi connectivity index (χ3v) is 7.21. The van der Waals surface area contributed by atoms with E-state index in [1.807, 2.05) is 30.9 Å². The molecule has 1 aliphatic heterocycles. The number of aryl methyl sites for hydroxylation is 2. The van der Waals surface area contributed by atoms with Gasteiger partial charge >= 0.3 is 0 Å². The number of hydrogen-bond acceptors (Lipinski definition) is 5. The summed E-state index contributed by atoms with van der Waals surface area (Å²) in [6.45, 7) is 5.50. The highest BCUT2D eigenvalue weighted by molar-refractivity contribution is 7.89. The molecule has 0 bridgehead atoms. The number of hydrazine groups is 1. The Bertz CT molecular complexity index is 1010. The standard InChI is InChI=1S/C22H28N4O4S/c1-3-18-6-8-19(9-7-18)22(28)24-23-21(27)16-25-12-14-26(15-13-25)31(29,30)20-10-4-17(2)5-11-20/h4-11H,3,12-16H2,1-2H3,(H,23,27)(H,24,28). The van der Waals surface area contributed by atoms with E-state index < -0.39 is 10.0 Å². The lowest BCUT2D eigenvalue weighted by atomic mass is 10.1. The molecule has 2 N–H and O–H groups in total. The Hall–Kier alpha value is -2.75. The maximum absolute atomic E-state index is 12.8. The van der Waals surface area contributed by atoms with Crippen LogP contribution in [0.2, 0.25) is 0 Å². The fourth-order valence-electron chi connectivity index (χ4n) is 3.32. The van der Waals surface area contributed by atoms with E-state index in [1.54, 1.807) is 36.4 Å². The molecule has 1 heterocycles. The molecule has 1 saturated heterocycles. The summed E-state index contributed by atoms with van der Waals surface area (Å²) in [5.41, 5.74) is 7.42. The van der Waals surface area contributed by atoms with Gasteiger partial charge in [-0.1, -0.05) is 36.8 Å². The van der Waals surface area contributed by atoms with E-state index in [0.717, 1.165) is 17.5 Å². The average Bonchev–Trinajstić information content (AvgIpc) is 2.78. The molecule has 31 heavy (non-hydrogen) atoms. The second-order valence-electron chi connectivity index (χ2n) is 7.55. The van der Waals surface area contributed by atoms with Crippen LogP contribution in [-0.2, 0) is 21.2 Å². The van der Waals surface area contributed by atoms with Crippen LogP contribution in [0.25, 0.3) is 0 Å². The van der Waals surface area contributed by atoms with Crippen LogP contribution in [0.3, 0.4) is 0 Å². The van der Waals surface area contributed by atoms with E-state index in [0.29, 0.717) is 31.7 Å². The van der Waals surface area contributed by atoms with Gasteiger partial charge in [0.25, 0.3) is 11.8 Å². The summed E-state index contributed by atoms with van der Waals surface area (Å²) in [5, 5.41) is 0. The summed E-state index contributed by atoms with van der Waals surface area (Å²) < 4.78 is 27.0. The van der Waals surface area contributed by atoms with Gasteiger partial charge in [0.05, 0.1) is 11.4 Å². The normalized spacial score (nSPS) is 15.4. The predicted octanol–water partition coefficient (Wildman–Crippen LogP) is 1.32. The molecule has 166 valence electrons. The molecule has 2 amide bonds. The largest absolute Gasteiger partial charge is 0.292 e. The van der Waals surface area contributed by atoms with Crippen molar-refractivity contribution >= 4 is 21.8 Å². The first kappa shape index (κ1) is 22.9. The van der Waals surface area contributed by atoms with E-state index >= 15 is 0 Å².